The highest BCUT2D eigenvalue weighted by atomic mass is 32.2. The zero-order valence-corrected chi connectivity index (χ0v) is 11.9. The average Bonchev–Trinajstić information content (AvgIpc) is 2.22. The van der Waals surface area contributed by atoms with E-state index in [1.54, 1.807) is 0 Å². The van der Waals surface area contributed by atoms with Crippen molar-refractivity contribution in [1.82, 2.24) is 0 Å². The quantitative estimate of drug-likeness (QED) is 0.465. The molecular weight excluding hydrogens is 264 g/mol. The first kappa shape index (κ1) is 13.4. The maximum Gasteiger partial charge on any atom is 0.272 e. The van der Waals surface area contributed by atoms with Crippen LogP contribution >= 0.6 is 0 Å². The van der Waals surface area contributed by atoms with Gasteiger partial charge >= 0.3 is 0 Å². The zero-order valence-electron chi connectivity index (χ0n) is 11.1. The Morgan fingerprint density at radius 3 is 2.05 bits per heavy atom. The normalized spacial score (nSPS) is 41.7. The standard InChI is InChI=1S/C13H22N2O3S/c14-12(7-19(16,17)18)15-8-13-4-9-1-10(5-13)3-11(2-9)6-13/h9-11H,1-8H2,(H2,14,15)(H,16,17,18). The van der Waals surface area contributed by atoms with Crippen LogP contribution in [0.25, 0.3) is 0 Å². The first-order valence-corrected chi connectivity index (χ1v) is 8.68. The lowest BCUT2D eigenvalue weighted by Gasteiger charge is -2.56. The summed E-state index contributed by atoms with van der Waals surface area (Å²) in [4.78, 5) is 4.25. The Bertz CT molecular complexity index is 463. The van der Waals surface area contributed by atoms with Gasteiger partial charge in [-0.25, -0.2) is 0 Å². The third-order valence-corrected chi connectivity index (χ3v) is 5.77. The molecular formula is C13H22N2O3S. The maximum atomic E-state index is 10.8. The van der Waals surface area contributed by atoms with Crippen LogP contribution in [0, 0.1) is 23.2 Å². The largest absolute Gasteiger partial charge is 0.387 e. The van der Waals surface area contributed by atoms with E-state index in [-0.39, 0.29) is 11.3 Å². The van der Waals surface area contributed by atoms with Gasteiger partial charge in [0.05, 0.1) is 0 Å². The maximum absolute atomic E-state index is 10.8. The summed E-state index contributed by atoms with van der Waals surface area (Å²) in [6.07, 6.45) is 7.81. The fourth-order valence-corrected chi connectivity index (χ4v) is 5.45. The summed E-state index contributed by atoms with van der Waals surface area (Å²) < 4.78 is 30.3. The Kier molecular flexibility index (Phi) is 3.13. The van der Waals surface area contributed by atoms with Gasteiger partial charge in [0.25, 0.3) is 10.1 Å². The molecule has 4 fully saturated rings. The molecule has 0 aromatic rings. The minimum absolute atomic E-state index is 0.0400. The predicted octanol–water partition coefficient (Wildman–Crippen LogP) is 1.45. The van der Waals surface area contributed by atoms with Gasteiger partial charge < -0.3 is 5.73 Å². The molecule has 4 aliphatic rings. The molecule has 0 radical (unpaired) electrons. The molecule has 0 aromatic carbocycles. The summed E-state index contributed by atoms with van der Waals surface area (Å²) in [5.41, 5.74) is 5.86. The van der Waals surface area contributed by atoms with Gasteiger partial charge in [-0.2, -0.15) is 8.42 Å². The van der Waals surface area contributed by atoms with Crippen LogP contribution in [0.1, 0.15) is 38.5 Å². The average molecular weight is 286 g/mol. The van der Waals surface area contributed by atoms with E-state index in [1.165, 1.54) is 38.5 Å². The van der Waals surface area contributed by atoms with Crippen LogP contribution in [0.3, 0.4) is 0 Å². The molecule has 4 bridgehead atoms. The molecule has 0 spiro atoms. The number of nitrogens with two attached hydrogens (primary N) is 1. The van der Waals surface area contributed by atoms with Gasteiger partial charge in [0.15, 0.2) is 0 Å². The third-order valence-electron chi connectivity index (χ3n) is 5.11. The Labute approximate surface area is 114 Å². The number of nitrogens with zero attached hydrogens (tertiary/aromatic N) is 1. The lowest BCUT2D eigenvalue weighted by atomic mass is 9.49. The van der Waals surface area contributed by atoms with Gasteiger partial charge in [0.1, 0.15) is 11.6 Å². The van der Waals surface area contributed by atoms with Crippen molar-refractivity contribution in [3.8, 4) is 0 Å². The highest BCUT2D eigenvalue weighted by Crippen LogP contribution is 2.60. The molecule has 4 saturated carbocycles. The number of amidine groups is 1. The molecule has 0 unspecified atom stereocenters. The molecule has 0 aliphatic heterocycles. The number of rotatable bonds is 4. The SMILES string of the molecule is NC(CS(=O)(=O)O)=NCC12CC3CC(CC(C3)C1)C2. The molecule has 3 N–H and O–H groups in total. The topological polar surface area (TPSA) is 92.8 Å². The van der Waals surface area contributed by atoms with Gasteiger partial charge in [-0.05, 0) is 61.7 Å². The van der Waals surface area contributed by atoms with Crippen LogP contribution in [0.5, 0.6) is 0 Å². The van der Waals surface area contributed by atoms with Crippen molar-refractivity contribution in [2.24, 2.45) is 33.9 Å². The van der Waals surface area contributed by atoms with Crippen LogP contribution in [-0.2, 0) is 10.1 Å². The monoisotopic (exact) mass is 286 g/mol. The van der Waals surface area contributed by atoms with Crippen molar-refractivity contribution in [3.63, 3.8) is 0 Å². The molecule has 0 saturated heterocycles. The van der Waals surface area contributed by atoms with E-state index in [9.17, 15) is 8.42 Å². The second kappa shape index (κ2) is 4.45. The summed E-state index contributed by atoms with van der Waals surface area (Å²) in [6.45, 7) is 0.637. The summed E-state index contributed by atoms with van der Waals surface area (Å²) in [7, 11) is -4.06. The Balaban J connectivity index is 1.68. The van der Waals surface area contributed by atoms with Gasteiger partial charge in [-0.3, -0.25) is 9.55 Å². The van der Waals surface area contributed by atoms with E-state index in [2.05, 4.69) is 4.99 Å². The van der Waals surface area contributed by atoms with Gasteiger partial charge in [-0.15, -0.1) is 0 Å². The summed E-state index contributed by atoms with van der Waals surface area (Å²) in [6, 6.07) is 0. The van der Waals surface area contributed by atoms with Crippen LogP contribution in [0.15, 0.2) is 4.99 Å². The van der Waals surface area contributed by atoms with Gasteiger partial charge in [0.2, 0.25) is 0 Å². The van der Waals surface area contributed by atoms with Crippen LogP contribution in [0.4, 0.5) is 0 Å². The molecule has 4 rings (SSSR count). The summed E-state index contributed by atoms with van der Waals surface area (Å²) >= 11 is 0. The van der Waals surface area contributed by atoms with E-state index < -0.39 is 15.9 Å². The number of hydrogen-bond donors (Lipinski definition) is 2. The Hall–Kier alpha value is -0.620. The first-order chi connectivity index (χ1) is 8.84. The van der Waals surface area contributed by atoms with Crippen molar-refractivity contribution < 1.29 is 13.0 Å². The smallest absolute Gasteiger partial charge is 0.272 e. The minimum Gasteiger partial charge on any atom is -0.387 e. The second-order valence-electron chi connectivity index (χ2n) is 6.95. The molecule has 0 atom stereocenters. The van der Waals surface area contributed by atoms with Gasteiger partial charge in [-0.1, -0.05) is 0 Å². The first-order valence-electron chi connectivity index (χ1n) is 7.08. The fraction of sp³-hybridized carbons (Fsp3) is 0.923. The molecule has 0 aromatic heterocycles. The van der Waals surface area contributed by atoms with Crippen molar-refractivity contribution in [3.05, 3.63) is 0 Å². The molecule has 0 heterocycles. The highest BCUT2D eigenvalue weighted by Gasteiger charge is 2.50. The van der Waals surface area contributed by atoms with E-state index in [0.29, 0.717) is 6.54 Å². The summed E-state index contributed by atoms with van der Waals surface area (Å²) in [5.74, 6) is 2.05. The van der Waals surface area contributed by atoms with Crippen LogP contribution < -0.4 is 5.73 Å². The van der Waals surface area contributed by atoms with Crippen molar-refractivity contribution in [1.29, 1.82) is 0 Å². The van der Waals surface area contributed by atoms with E-state index in [1.807, 2.05) is 0 Å². The molecule has 5 nitrogen and oxygen atoms in total. The number of hydrogen-bond acceptors (Lipinski definition) is 3. The fourth-order valence-electron chi connectivity index (χ4n) is 4.99. The highest BCUT2D eigenvalue weighted by molar-refractivity contribution is 7.86. The Morgan fingerprint density at radius 2 is 1.63 bits per heavy atom. The van der Waals surface area contributed by atoms with E-state index in [0.717, 1.165) is 17.8 Å². The lowest BCUT2D eigenvalue weighted by Crippen LogP contribution is -2.47. The van der Waals surface area contributed by atoms with E-state index in [4.69, 9.17) is 10.3 Å². The van der Waals surface area contributed by atoms with Crippen LogP contribution in [0.2, 0.25) is 0 Å². The molecule has 0 amide bonds. The molecule has 6 heteroatoms. The third kappa shape index (κ3) is 2.94. The van der Waals surface area contributed by atoms with Crippen molar-refractivity contribution in [2.75, 3.05) is 12.3 Å². The van der Waals surface area contributed by atoms with E-state index >= 15 is 0 Å². The minimum atomic E-state index is -4.06. The summed E-state index contributed by atoms with van der Waals surface area (Å²) in [5, 5.41) is 0. The molecule has 19 heavy (non-hydrogen) atoms. The second-order valence-corrected chi connectivity index (χ2v) is 8.40. The van der Waals surface area contributed by atoms with Crippen LogP contribution in [-0.4, -0.2) is 31.1 Å². The zero-order chi connectivity index (χ0) is 13.7. The lowest BCUT2D eigenvalue weighted by molar-refractivity contribution is -0.0465. The Morgan fingerprint density at radius 1 is 1.16 bits per heavy atom. The van der Waals surface area contributed by atoms with Gasteiger partial charge in [0, 0.05) is 6.54 Å². The number of aliphatic imine (C=N–C) groups is 1. The molecule has 108 valence electrons. The molecule has 4 aliphatic carbocycles. The van der Waals surface area contributed by atoms with Crippen molar-refractivity contribution in [2.45, 2.75) is 38.5 Å². The predicted molar refractivity (Wildman–Crippen MR) is 73.5 cm³/mol. The van der Waals surface area contributed by atoms with Crippen molar-refractivity contribution >= 4 is 16.0 Å².